The Bertz CT molecular complexity index is 455. The molecule has 0 radical (unpaired) electrons. The zero-order chi connectivity index (χ0) is 15.7. The van der Waals surface area contributed by atoms with Gasteiger partial charge in [0.05, 0.1) is 11.0 Å². The highest BCUT2D eigenvalue weighted by atomic mass is 14.8. The van der Waals surface area contributed by atoms with Gasteiger partial charge in [-0.15, -0.1) is 0 Å². The smallest absolute Gasteiger partial charge is 0.0889 e. The van der Waals surface area contributed by atoms with E-state index in [0.717, 1.165) is 11.0 Å². The van der Waals surface area contributed by atoms with Crippen molar-refractivity contribution < 1.29 is 0 Å². The van der Waals surface area contributed by atoms with Crippen molar-refractivity contribution >= 4 is 11.0 Å². The molecule has 0 fully saturated rings. The zero-order valence-corrected chi connectivity index (χ0v) is 14.4. The molecule has 0 aliphatic rings. The van der Waals surface area contributed by atoms with Gasteiger partial charge in [0, 0.05) is 12.4 Å². The van der Waals surface area contributed by atoms with E-state index in [0.29, 0.717) is 11.8 Å². The van der Waals surface area contributed by atoms with Crippen molar-refractivity contribution in [1.82, 2.24) is 9.97 Å². The number of rotatable bonds is 2. The average Bonchev–Trinajstić information content (AvgIpc) is 2.49. The van der Waals surface area contributed by atoms with Crippen LogP contribution in [0.2, 0.25) is 0 Å². The van der Waals surface area contributed by atoms with E-state index >= 15 is 0 Å². The molecule has 2 rings (SSSR count). The first-order valence-electron chi connectivity index (χ1n) is 7.84. The van der Waals surface area contributed by atoms with Gasteiger partial charge in [-0.3, -0.25) is 9.97 Å². The Balaban J connectivity index is 0.000000829. The van der Waals surface area contributed by atoms with Crippen LogP contribution in [-0.2, 0) is 0 Å². The van der Waals surface area contributed by atoms with Crippen molar-refractivity contribution in [1.29, 1.82) is 0 Å². The summed E-state index contributed by atoms with van der Waals surface area (Å²) >= 11 is 0. The van der Waals surface area contributed by atoms with Gasteiger partial charge in [0.2, 0.25) is 0 Å². The van der Waals surface area contributed by atoms with Gasteiger partial charge >= 0.3 is 0 Å². The number of fused-ring (bicyclic) bond motifs is 1. The third-order valence-electron chi connectivity index (χ3n) is 2.92. The van der Waals surface area contributed by atoms with Crippen LogP contribution in [0.25, 0.3) is 11.0 Å². The first-order chi connectivity index (χ1) is 9.59. The van der Waals surface area contributed by atoms with Crippen molar-refractivity contribution in [2.24, 2.45) is 0 Å². The lowest BCUT2D eigenvalue weighted by atomic mass is 9.90. The molecule has 0 bridgehead atoms. The Kier molecular flexibility index (Phi) is 8.78. The van der Waals surface area contributed by atoms with E-state index in [1.54, 1.807) is 12.4 Å². The first-order valence-corrected chi connectivity index (χ1v) is 7.84. The summed E-state index contributed by atoms with van der Waals surface area (Å²) in [6.07, 6.45) is 3.50. The van der Waals surface area contributed by atoms with E-state index in [9.17, 15) is 0 Å². The van der Waals surface area contributed by atoms with Crippen LogP contribution in [0.4, 0.5) is 0 Å². The Labute approximate surface area is 124 Å². The number of hydrogen-bond donors (Lipinski definition) is 0. The number of benzene rings is 1. The van der Waals surface area contributed by atoms with E-state index < -0.39 is 0 Å². The molecule has 0 aliphatic carbocycles. The van der Waals surface area contributed by atoms with Crippen LogP contribution >= 0.6 is 0 Å². The summed E-state index contributed by atoms with van der Waals surface area (Å²) in [5, 5.41) is 0. The predicted molar refractivity (Wildman–Crippen MR) is 90.4 cm³/mol. The van der Waals surface area contributed by atoms with Crippen LogP contribution in [0.1, 0.15) is 78.4 Å². The molecule has 0 saturated heterocycles. The molecule has 1 aromatic carbocycles. The van der Waals surface area contributed by atoms with Crippen LogP contribution < -0.4 is 0 Å². The van der Waals surface area contributed by atoms with Crippen molar-refractivity contribution in [2.45, 2.75) is 67.2 Å². The monoisotopic (exact) mass is 274 g/mol. The lowest BCUT2D eigenvalue weighted by molar-refractivity contribution is 0.792. The third-order valence-corrected chi connectivity index (χ3v) is 2.92. The van der Waals surface area contributed by atoms with Gasteiger partial charge in [-0.2, -0.15) is 0 Å². The van der Waals surface area contributed by atoms with Gasteiger partial charge in [-0.05, 0) is 35.1 Å². The molecule has 0 amide bonds. The van der Waals surface area contributed by atoms with Gasteiger partial charge < -0.3 is 0 Å². The van der Waals surface area contributed by atoms with E-state index in [4.69, 9.17) is 0 Å². The lowest BCUT2D eigenvalue weighted by Crippen LogP contribution is -2.00. The maximum atomic E-state index is 4.36. The summed E-state index contributed by atoms with van der Waals surface area (Å²) in [4.78, 5) is 8.72. The average molecular weight is 274 g/mol. The van der Waals surface area contributed by atoms with E-state index in [-0.39, 0.29) is 0 Å². The van der Waals surface area contributed by atoms with Gasteiger partial charge in [0.1, 0.15) is 0 Å². The van der Waals surface area contributed by atoms with Gasteiger partial charge in [0.15, 0.2) is 0 Å². The number of hydrogen-bond acceptors (Lipinski definition) is 2. The van der Waals surface area contributed by atoms with Crippen LogP contribution in [0.5, 0.6) is 0 Å². The molecule has 0 spiro atoms. The molecule has 0 aliphatic heterocycles. The minimum atomic E-state index is 0.531. The van der Waals surface area contributed by atoms with Crippen LogP contribution in [0.3, 0.4) is 0 Å². The zero-order valence-electron chi connectivity index (χ0n) is 14.4. The Morgan fingerprint density at radius 1 is 0.650 bits per heavy atom. The van der Waals surface area contributed by atoms with Crippen molar-refractivity contribution in [2.75, 3.05) is 0 Å². The van der Waals surface area contributed by atoms with E-state index in [1.165, 1.54) is 11.1 Å². The van der Waals surface area contributed by atoms with Crippen molar-refractivity contribution in [3.05, 3.63) is 35.7 Å². The predicted octanol–water partition coefficient (Wildman–Crippen LogP) is 5.93. The molecule has 0 unspecified atom stereocenters. The fourth-order valence-corrected chi connectivity index (χ4v) is 2.04. The van der Waals surface area contributed by atoms with Crippen molar-refractivity contribution in [3.63, 3.8) is 0 Å². The molecule has 112 valence electrons. The summed E-state index contributed by atoms with van der Waals surface area (Å²) in [5.41, 5.74) is 4.78. The quantitative estimate of drug-likeness (QED) is 0.678. The van der Waals surface area contributed by atoms with Crippen molar-refractivity contribution in [3.8, 4) is 0 Å². The SMILES string of the molecule is CC.CC.CC(C)c1cc2nccnc2cc1C(C)C. The Morgan fingerprint density at radius 3 is 1.20 bits per heavy atom. The molecular formula is C18H30N2. The number of aromatic nitrogens is 2. The molecule has 2 nitrogen and oxygen atoms in total. The Hall–Kier alpha value is -1.44. The van der Waals surface area contributed by atoms with Crippen LogP contribution in [0.15, 0.2) is 24.5 Å². The Morgan fingerprint density at radius 2 is 0.950 bits per heavy atom. The van der Waals surface area contributed by atoms with Crippen LogP contribution in [-0.4, -0.2) is 9.97 Å². The first kappa shape index (κ1) is 18.6. The molecule has 0 atom stereocenters. The highest BCUT2D eigenvalue weighted by Crippen LogP contribution is 2.28. The normalized spacial score (nSPS) is 9.90. The lowest BCUT2D eigenvalue weighted by Gasteiger charge is -2.16. The minimum Gasteiger partial charge on any atom is -0.253 e. The summed E-state index contributed by atoms with van der Waals surface area (Å²) in [5.74, 6) is 1.06. The molecule has 1 heterocycles. The second-order valence-corrected chi connectivity index (χ2v) is 4.84. The summed E-state index contributed by atoms with van der Waals surface area (Å²) < 4.78 is 0. The number of nitrogens with zero attached hydrogens (tertiary/aromatic N) is 2. The van der Waals surface area contributed by atoms with Gasteiger partial charge in [0.25, 0.3) is 0 Å². The molecule has 1 aromatic heterocycles. The largest absolute Gasteiger partial charge is 0.253 e. The second-order valence-electron chi connectivity index (χ2n) is 4.84. The molecular weight excluding hydrogens is 244 g/mol. The summed E-state index contributed by atoms with van der Waals surface area (Å²) in [6.45, 7) is 16.9. The molecule has 2 heteroatoms. The molecule has 0 saturated carbocycles. The summed E-state index contributed by atoms with van der Waals surface area (Å²) in [6, 6.07) is 4.37. The fourth-order valence-electron chi connectivity index (χ4n) is 2.04. The summed E-state index contributed by atoms with van der Waals surface area (Å²) in [7, 11) is 0. The van der Waals surface area contributed by atoms with Gasteiger partial charge in [-0.1, -0.05) is 55.4 Å². The second kappa shape index (κ2) is 9.46. The highest BCUT2D eigenvalue weighted by Gasteiger charge is 2.12. The topological polar surface area (TPSA) is 25.8 Å². The fraction of sp³-hybridized carbons (Fsp3) is 0.556. The van der Waals surface area contributed by atoms with Gasteiger partial charge in [-0.25, -0.2) is 0 Å². The highest BCUT2D eigenvalue weighted by molar-refractivity contribution is 5.76. The standard InChI is InChI=1S/C14H18N2.2C2H6/c1-9(2)11-7-13-14(16-6-5-15-13)8-12(11)10(3)4;2*1-2/h5-10H,1-4H3;2*1-2H3. The van der Waals surface area contributed by atoms with Crippen LogP contribution in [0, 0.1) is 0 Å². The minimum absolute atomic E-state index is 0.531. The third kappa shape index (κ3) is 4.59. The molecule has 0 N–H and O–H groups in total. The molecule has 20 heavy (non-hydrogen) atoms. The maximum absolute atomic E-state index is 4.36. The van der Waals surface area contributed by atoms with E-state index in [1.807, 2.05) is 27.7 Å². The maximum Gasteiger partial charge on any atom is 0.0889 e. The van der Waals surface area contributed by atoms with E-state index in [2.05, 4.69) is 49.8 Å². The molecule has 2 aromatic rings.